The van der Waals surface area contributed by atoms with Crippen molar-refractivity contribution >= 4 is 22.4 Å². The molecular formula is C13H14N2O3S. The van der Waals surface area contributed by atoms with Crippen LogP contribution in [0.25, 0.3) is 0 Å². The number of carboxylic acid groups (broad SMARTS) is 1. The van der Waals surface area contributed by atoms with E-state index in [1.54, 1.807) is 13.2 Å². The van der Waals surface area contributed by atoms with Crippen LogP contribution >= 0.6 is 11.3 Å². The standard InChI is InChI=1S/C13H14N2O3S/c1-8-11(12(16)17)19-13(14-8)15(9-4-5-9)7-10-3-2-6-18-10/h2-3,6,9H,4-5,7H2,1H3,(H,16,17). The molecule has 0 aliphatic heterocycles. The Morgan fingerprint density at radius 3 is 2.95 bits per heavy atom. The highest BCUT2D eigenvalue weighted by atomic mass is 32.1. The molecule has 1 saturated carbocycles. The Morgan fingerprint density at radius 1 is 1.63 bits per heavy atom. The molecule has 2 heterocycles. The summed E-state index contributed by atoms with van der Waals surface area (Å²) in [6.45, 7) is 2.38. The number of aryl methyl sites for hydroxylation is 1. The van der Waals surface area contributed by atoms with Crippen LogP contribution in [0.5, 0.6) is 0 Å². The first-order chi connectivity index (χ1) is 9.15. The summed E-state index contributed by atoms with van der Waals surface area (Å²) in [5.74, 6) is -0.0355. The number of furan rings is 1. The van der Waals surface area contributed by atoms with Crippen LogP contribution in [-0.4, -0.2) is 22.1 Å². The van der Waals surface area contributed by atoms with Crippen molar-refractivity contribution in [2.45, 2.75) is 32.4 Å². The van der Waals surface area contributed by atoms with Gasteiger partial charge in [-0.05, 0) is 31.9 Å². The van der Waals surface area contributed by atoms with Crippen LogP contribution in [0.3, 0.4) is 0 Å². The van der Waals surface area contributed by atoms with Crippen molar-refractivity contribution in [3.8, 4) is 0 Å². The van der Waals surface area contributed by atoms with Gasteiger partial charge in [-0.1, -0.05) is 11.3 Å². The minimum Gasteiger partial charge on any atom is -0.477 e. The van der Waals surface area contributed by atoms with E-state index in [4.69, 9.17) is 9.52 Å². The van der Waals surface area contributed by atoms with Gasteiger partial charge in [0.2, 0.25) is 0 Å². The van der Waals surface area contributed by atoms with Gasteiger partial charge in [0.25, 0.3) is 0 Å². The van der Waals surface area contributed by atoms with E-state index in [9.17, 15) is 4.79 Å². The quantitative estimate of drug-likeness (QED) is 0.910. The van der Waals surface area contributed by atoms with Crippen molar-refractivity contribution in [3.05, 3.63) is 34.7 Å². The van der Waals surface area contributed by atoms with Crippen molar-refractivity contribution < 1.29 is 14.3 Å². The van der Waals surface area contributed by atoms with Gasteiger partial charge in [0.15, 0.2) is 5.13 Å². The van der Waals surface area contributed by atoms with E-state index in [0.29, 0.717) is 23.2 Å². The molecule has 19 heavy (non-hydrogen) atoms. The van der Waals surface area contributed by atoms with Crippen LogP contribution < -0.4 is 4.90 Å². The summed E-state index contributed by atoms with van der Waals surface area (Å²) in [4.78, 5) is 18.0. The van der Waals surface area contributed by atoms with E-state index in [2.05, 4.69) is 9.88 Å². The zero-order chi connectivity index (χ0) is 13.4. The molecule has 5 nitrogen and oxygen atoms in total. The number of aromatic nitrogens is 1. The second-order valence-electron chi connectivity index (χ2n) is 4.65. The number of rotatable bonds is 5. The Labute approximate surface area is 114 Å². The molecular weight excluding hydrogens is 264 g/mol. The van der Waals surface area contributed by atoms with Crippen molar-refractivity contribution in [2.75, 3.05) is 4.90 Å². The molecule has 0 bridgehead atoms. The van der Waals surface area contributed by atoms with Gasteiger partial charge in [-0.25, -0.2) is 9.78 Å². The maximum absolute atomic E-state index is 11.1. The Kier molecular flexibility index (Phi) is 3.02. The first-order valence-electron chi connectivity index (χ1n) is 6.15. The molecule has 0 unspecified atom stereocenters. The average molecular weight is 278 g/mol. The summed E-state index contributed by atoms with van der Waals surface area (Å²) in [5.41, 5.74) is 0.581. The lowest BCUT2D eigenvalue weighted by molar-refractivity contribution is 0.0701. The molecule has 0 spiro atoms. The fourth-order valence-electron chi connectivity index (χ4n) is 2.01. The molecule has 100 valence electrons. The Bertz CT molecular complexity index is 587. The van der Waals surface area contributed by atoms with Gasteiger partial charge in [-0.2, -0.15) is 0 Å². The minimum atomic E-state index is -0.907. The van der Waals surface area contributed by atoms with Crippen LogP contribution in [0, 0.1) is 6.92 Å². The number of thiazole rings is 1. The molecule has 3 rings (SSSR count). The molecule has 0 atom stereocenters. The highest BCUT2D eigenvalue weighted by Crippen LogP contribution is 2.36. The van der Waals surface area contributed by atoms with Gasteiger partial charge in [0.05, 0.1) is 18.5 Å². The molecule has 1 aliphatic rings. The molecule has 0 radical (unpaired) electrons. The van der Waals surface area contributed by atoms with Crippen molar-refractivity contribution in [3.63, 3.8) is 0 Å². The van der Waals surface area contributed by atoms with Crippen LogP contribution in [0.1, 0.15) is 34.0 Å². The number of aromatic carboxylic acids is 1. The van der Waals surface area contributed by atoms with E-state index < -0.39 is 5.97 Å². The summed E-state index contributed by atoms with van der Waals surface area (Å²) in [5, 5.41) is 9.88. The number of carbonyl (C=O) groups is 1. The van der Waals surface area contributed by atoms with Crippen molar-refractivity contribution in [1.82, 2.24) is 4.98 Å². The van der Waals surface area contributed by atoms with E-state index in [1.165, 1.54) is 11.3 Å². The van der Waals surface area contributed by atoms with Crippen LogP contribution in [-0.2, 0) is 6.54 Å². The molecule has 2 aromatic heterocycles. The highest BCUT2D eigenvalue weighted by molar-refractivity contribution is 7.17. The van der Waals surface area contributed by atoms with Crippen molar-refractivity contribution in [1.29, 1.82) is 0 Å². The molecule has 2 aromatic rings. The number of carboxylic acids is 1. The number of anilines is 1. The van der Waals surface area contributed by atoms with Crippen LogP contribution in [0.15, 0.2) is 22.8 Å². The molecule has 1 aliphatic carbocycles. The van der Waals surface area contributed by atoms with E-state index >= 15 is 0 Å². The molecule has 1 fully saturated rings. The molecule has 0 amide bonds. The summed E-state index contributed by atoms with van der Waals surface area (Å²) in [6, 6.07) is 4.24. The first-order valence-corrected chi connectivity index (χ1v) is 6.96. The SMILES string of the molecule is Cc1nc(N(Cc2ccco2)C2CC2)sc1C(=O)O. The fraction of sp³-hybridized carbons (Fsp3) is 0.385. The second kappa shape index (κ2) is 4.70. The Morgan fingerprint density at radius 2 is 2.42 bits per heavy atom. The third-order valence-corrected chi connectivity index (χ3v) is 4.30. The van der Waals surface area contributed by atoms with Gasteiger partial charge >= 0.3 is 5.97 Å². The minimum absolute atomic E-state index is 0.320. The van der Waals surface area contributed by atoms with Crippen LogP contribution in [0.4, 0.5) is 5.13 Å². The number of nitrogens with zero attached hydrogens (tertiary/aromatic N) is 2. The Hall–Kier alpha value is -1.82. The topological polar surface area (TPSA) is 66.6 Å². The predicted octanol–water partition coefficient (Wildman–Crippen LogP) is 2.91. The van der Waals surface area contributed by atoms with Crippen molar-refractivity contribution in [2.24, 2.45) is 0 Å². The molecule has 0 saturated heterocycles. The zero-order valence-electron chi connectivity index (χ0n) is 10.5. The van der Waals surface area contributed by atoms with Gasteiger partial charge in [0.1, 0.15) is 10.6 Å². The monoisotopic (exact) mass is 278 g/mol. The average Bonchev–Trinajstić information content (AvgIpc) is 2.93. The summed E-state index contributed by atoms with van der Waals surface area (Å²) >= 11 is 1.24. The maximum atomic E-state index is 11.1. The molecule has 6 heteroatoms. The van der Waals surface area contributed by atoms with Gasteiger partial charge in [0, 0.05) is 6.04 Å². The molecule has 1 N–H and O–H groups in total. The van der Waals surface area contributed by atoms with Crippen LogP contribution in [0.2, 0.25) is 0 Å². The lowest BCUT2D eigenvalue weighted by Gasteiger charge is -2.19. The van der Waals surface area contributed by atoms with Gasteiger partial charge in [-0.15, -0.1) is 0 Å². The van der Waals surface area contributed by atoms with E-state index in [-0.39, 0.29) is 0 Å². The Balaban J connectivity index is 1.87. The summed E-state index contributed by atoms with van der Waals surface area (Å²) < 4.78 is 5.37. The third kappa shape index (κ3) is 2.49. The number of hydrogen-bond acceptors (Lipinski definition) is 5. The highest BCUT2D eigenvalue weighted by Gasteiger charge is 2.32. The number of hydrogen-bond donors (Lipinski definition) is 1. The largest absolute Gasteiger partial charge is 0.477 e. The lowest BCUT2D eigenvalue weighted by Crippen LogP contribution is -2.24. The van der Waals surface area contributed by atoms with E-state index in [1.807, 2.05) is 12.1 Å². The maximum Gasteiger partial charge on any atom is 0.347 e. The fourth-order valence-corrected chi connectivity index (χ4v) is 2.99. The summed E-state index contributed by atoms with van der Waals surface area (Å²) in [7, 11) is 0. The lowest BCUT2D eigenvalue weighted by atomic mass is 10.4. The third-order valence-electron chi connectivity index (χ3n) is 3.12. The van der Waals surface area contributed by atoms with Gasteiger partial charge < -0.3 is 14.4 Å². The first kappa shape index (κ1) is 12.2. The molecule has 0 aromatic carbocycles. The summed E-state index contributed by atoms with van der Waals surface area (Å²) in [6.07, 6.45) is 3.90. The van der Waals surface area contributed by atoms with Gasteiger partial charge in [-0.3, -0.25) is 0 Å². The second-order valence-corrected chi connectivity index (χ2v) is 5.63. The van der Waals surface area contributed by atoms with E-state index in [0.717, 1.165) is 23.7 Å². The predicted molar refractivity (Wildman–Crippen MR) is 71.7 cm³/mol. The zero-order valence-corrected chi connectivity index (χ0v) is 11.3. The smallest absolute Gasteiger partial charge is 0.347 e. The normalized spacial score (nSPS) is 14.6.